The highest BCUT2D eigenvalue weighted by Crippen LogP contribution is 2.53. The summed E-state index contributed by atoms with van der Waals surface area (Å²) in [5, 5.41) is 19.8. The van der Waals surface area contributed by atoms with Crippen LogP contribution < -0.4 is 4.74 Å². The normalized spacial score (nSPS) is 17.9. The summed E-state index contributed by atoms with van der Waals surface area (Å²) in [5.41, 5.74) is -0.561. The average molecular weight is 215 g/mol. The van der Waals surface area contributed by atoms with Gasteiger partial charge in [0.05, 0.1) is 17.7 Å². The first-order chi connectivity index (χ1) is 6.58. The van der Waals surface area contributed by atoms with Crippen molar-refractivity contribution in [1.82, 2.24) is 0 Å². The van der Waals surface area contributed by atoms with E-state index in [1.54, 1.807) is 6.07 Å². The first kappa shape index (κ1) is 9.62. The van der Waals surface area contributed by atoms with Crippen LogP contribution in [-0.4, -0.2) is 17.3 Å². The largest absolute Gasteiger partial charge is 0.507 e. The zero-order chi connectivity index (χ0) is 10.3. The summed E-state index contributed by atoms with van der Waals surface area (Å²) in [7, 11) is 1.50. The van der Waals surface area contributed by atoms with Gasteiger partial charge in [0.25, 0.3) is 0 Å². The number of hydrogen-bond acceptors (Lipinski definition) is 3. The summed E-state index contributed by atoms with van der Waals surface area (Å²) in [6.45, 7) is 0. The number of rotatable bonds is 2. The second kappa shape index (κ2) is 3.04. The van der Waals surface area contributed by atoms with Gasteiger partial charge in [-0.2, -0.15) is 0 Å². The first-order valence-corrected chi connectivity index (χ1v) is 4.74. The maximum Gasteiger partial charge on any atom is 0.138 e. The van der Waals surface area contributed by atoms with Crippen LogP contribution in [0.5, 0.6) is 11.5 Å². The number of phenols is 1. The fourth-order valence-electron chi connectivity index (χ4n) is 1.52. The van der Waals surface area contributed by atoms with Gasteiger partial charge in [-0.25, -0.2) is 0 Å². The summed E-state index contributed by atoms with van der Waals surface area (Å²) in [4.78, 5) is 0. The van der Waals surface area contributed by atoms with E-state index in [-0.39, 0.29) is 5.75 Å². The van der Waals surface area contributed by atoms with Crippen molar-refractivity contribution in [1.29, 1.82) is 0 Å². The monoisotopic (exact) mass is 214 g/mol. The fraction of sp³-hybridized carbons (Fsp3) is 0.400. The van der Waals surface area contributed by atoms with Crippen LogP contribution in [0, 0.1) is 0 Å². The van der Waals surface area contributed by atoms with Gasteiger partial charge in [0.15, 0.2) is 0 Å². The van der Waals surface area contributed by atoms with Crippen LogP contribution in [0.2, 0.25) is 5.02 Å². The summed E-state index contributed by atoms with van der Waals surface area (Å²) >= 11 is 5.99. The summed E-state index contributed by atoms with van der Waals surface area (Å²) in [6.07, 6.45) is 1.26. The first-order valence-electron chi connectivity index (χ1n) is 4.37. The molecule has 1 aromatic carbocycles. The summed E-state index contributed by atoms with van der Waals surface area (Å²) < 4.78 is 5.01. The zero-order valence-electron chi connectivity index (χ0n) is 7.75. The van der Waals surface area contributed by atoms with E-state index in [2.05, 4.69) is 0 Å². The lowest BCUT2D eigenvalue weighted by Crippen LogP contribution is -2.06. The SMILES string of the molecule is COc1ccc(O)c(C2(O)CC2)c1Cl. The van der Waals surface area contributed by atoms with Crippen molar-refractivity contribution in [2.24, 2.45) is 0 Å². The third-order valence-electron chi connectivity index (χ3n) is 2.49. The molecule has 0 bridgehead atoms. The number of aromatic hydroxyl groups is 1. The lowest BCUT2D eigenvalue weighted by atomic mass is 10.1. The molecule has 1 fully saturated rings. The van der Waals surface area contributed by atoms with Crippen LogP contribution in [0.3, 0.4) is 0 Å². The molecule has 1 aromatic rings. The van der Waals surface area contributed by atoms with Crippen LogP contribution in [-0.2, 0) is 5.60 Å². The van der Waals surface area contributed by atoms with Gasteiger partial charge in [-0.15, -0.1) is 0 Å². The molecule has 0 unspecified atom stereocenters. The minimum Gasteiger partial charge on any atom is -0.507 e. The van der Waals surface area contributed by atoms with E-state index in [0.717, 1.165) is 0 Å². The number of aliphatic hydroxyl groups is 1. The Hall–Kier alpha value is -0.930. The van der Waals surface area contributed by atoms with E-state index in [1.807, 2.05) is 0 Å². The Bertz CT molecular complexity index is 372. The number of hydrogen-bond donors (Lipinski definition) is 2. The predicted octanol–water partition coefficient (Wildman–Crippen LogP) is 2.04. The summed E-state index contributed by atoms with van der Waals surface area (Å²) in [6, 6.07) is 3.06. The number of phenolic OH excluding ortho intramolecular Hbond substituents is 1. The second-order valence-corrected chi connectivity index (χ2v) is 3.89. The molecule has 2 N–H and O–H groups in total. The van der Waals surface area contributed by atoms with Crippen LogP contribution >= 0.6 is 11.6 Å². The van der Waals surface area contributed by atoms with E-state index >= 15 is 0 Å². The van der Waals surface area contributed by atoms with Crippen LogP contribution in [0.4, 0.5) is 0 Å². The molecular weight excluding hydrogens is 204 g/mol. The molecule has 0 aliphatic heterocycles. The van der Waals surface area contributed by atoms with Crippen molar-refractivity contribution in [3.63, 3.8) is 0 Å². The Balaban J connectivity index is 2.56. The van der Waals surface area contributed by atoms with Gasteiger partial charge in [0.1, 0.15) is 11.5 Å². The molecule has 0 radical (unpaired) electrons. The van der Waals surface area contributed by atoms with Crippen molar-refractivity contribution in [2.45, 2.75) is 18.4 Å². The highest BCUT2D eigenvalue weighted by atomic mass is 35.5. The molecule has 1 saturated carbocycles. The standard InChI is InChI=1S/C10H11ClO3/c1-14-7-3-2-6(12)8(9(7)11)10(13)4-5-10/h2-3,12-13H,4-5H2,1H3. The quantitative estimate of drug-likeness (QED) is 0.792. The molecule has 1 aliphatic carbocycles. The van der Waals surface area contributed by atoms with Gasteiger partial charge >= 0.3 is 0 Å². The molecule has 3 nitrogen and oxygen atoms in total. The highest BCUT2D eigenvalue weighted by Gasteiger charge is 2.46. The zero-order valence-corrected chi connectivity index (χ0v) is 8.51. The van der Waals surface area contributed by atoms with Crippen molar-refractivity contribution in [3.05, 3.63) is 22.7 Å². The number of methoxy groups -OCH3 is 1. The molecular formula is C10H11ClO3. The second-order valence-electron chi connectivity index (χ2n) is 3.51. The van der Waals surface area contributed by atoms with E-state index < -0.39 is 5.60 Å². The van der Waals surface area contributed by atoms with E-state index in [0.29, 0.717) is 29.2 Å². The lowest BCUT2D eigenvalue weighted by Gasteiger charge is -2.14. The smallest absolute Gasteiger partial charge is 0.138 e. The topological polar surface area (TPSA) is 49.7 Å². The van der Waals surface area contributed by atoms with E-state index in [1.165, 1.54) is 13.2 Å². The molecule has 0 heterocycles. The molecule has 0 atom stereocenters. The number of halogens is 1. The predicted molar refractivity (Wildman–Crippen MR) is 52.8 cm³/mol. The van der Waals surface area contributed by atoms with Crippen molar-refractivity contribution in [2.75, 3.05) is 7.11 Å². The molecule has 76 valence electrons. The molecule has 0 spiro atoms. The third kappa shape index (κ3) is 1.33. The maximum atomic E-state index is 9.88. The highest BCUT2D eigenvalue weighted by molar-refractivity contribution is 6.33. The third-order valence-corrected chi connectivity index (χ3v) is 2.87. The van der Waals surface area contributed by atoms with Crippen molar-refractivity contribution < 1.29 is 14.9 Å². The van der Waals surface area contributed by atoms with Crippen molar-refractivity contribution in [3.8, 4) is 11.5 Å². The molecule has 2 rings (SSSR count). The molecule has 0 saturated heterocycles. The number of benzene rings is 1. The van der Waals surface area contributed by atoms with Crippen molar-refractivity contribution >= 4 is 11.6 Å². The van der Waals surface area contributed by atoms with Crippen LogP contribution in [0.15, 0.2) is 12.1 Å². The maximum absolute atomic E-state index is 9.88. The molecule has 1 aliphatic rings. The van der Waals surface area contributed by atoms with Gasteiger partial charge in [0.2, 0.25) is 0 Å². The number of ether oxygens (including phenoxy) is 1. The van der Waals surface area contributed by atoms with Gasteiger partial charge in [-0.3, -0.25) is 0 Å². The average Bonchev–Trinajstić information content (AvgIpc) is 2.85. The fourth-order valence-corrected chi connectivity index (χ4v) is 1.93. The van der Waals surface area contributed by atoms with Crippen LogP contribution in [0.25, 0.3) is 0 Å². The molecule has 0 aromatic heterocycles. The molecule has 14 heavy (non-hydrogen) atoms. The molecule has 4 heteroatoms. The lowest BCUT2D eigenvalue weighted by molar-refractivity contribution is 0.147. The minimum atomic E-state index is -0.949. The molecule has 0 amide bonds. The van der Waals surface area contributed by atoms with Gasteiger partial charge in [-0.05, 0) is 25.0 Å². The minimum absolute atomic E-state index is 0.0239. The Morgan fingerprint density at radius 2 is 2.07 bits per heavy atom. The van der Waals surface area contributed by atoms with Gasteiger partial charge < -0.3 is 14.9 Å². The Kier molecular flexibility index (Phi) is 2.09. The Morgan fingerprint density at radius 3 is 2.57 bits per heavy atom. The summed E-state index contributed by atoms with van der Waals surface area (Å²) in [5.74, 6) is 0.496. The van der Waals surface area contributed by atoms with Gasteiger partial charge in [-0.1, -0.05) is 11.6 Å². The Labute approximate surface area is 86.9 Å². The van der Waals surface area contributed by atoms with E-state index in [9.17, 15) is 10.2 Å². The van der Waals surface area contributed by atoms with Crippen LogP contribution in [0.1, 0.15) is 18.4 Å². The van der Waals surface area contributed by atoms with Gasteiger partial charge in [0, 0.05) is 5.56 Å². The van der Waals surface area contributed by atoms with E-state index in [4.69, 9.17) is 16.3 Å². The Morgan fingerprint density at radius 1 is 1.43 bits per heavy atom.